The molecular weight excluding hydrogens is 670 g/mol. The lowest BCUT2D eigenvalue weighted by atomic mass is 9.94. The molecule has 0 aliphatic carbocycles. The molecule has 3 atom stereocenters. The molecule has 53 heavy (non-hydrogen) atoms. The molecule has 4 aromatic carbocycles. The predicted octanol–water partition coefficient (Wildman–Crippen LogP) is 8.30. The lowest BCUT2D eigenvalue weighted by molar-refractivity contribution is -0.131. The summed E-state index contributed by atoms with van der Waals surface area (Å²) in [6.07, 6.45) is 0.0746. The molecule has 4 amide bonds. The van der Waals surface area contributed by atoms with Crippen LogP contribution >= 0.6 is 0 Å². The van der Waals surface area contributed by atoms with Crippen LogP contribution in [-0.4, -0.2) is 59.1 Å². The number of hydrogen-bond acceptors (Lipinski definition) is 7. The zero-order valence-electron chi connectivity index (χ0n) is 31.0. The van der Waals surface area contributed by atoms with Crippen LogP contribution in [-0.2, 0) is 38.3 Å². The summed E-state index contributed by atoms with van der Waals surface area (Å²) >= 11 is 0. The van der Waals surface area contributed by atoms with Gasteiger partial charge in [0.05, 0.1) is 18.5 Å². The van der Waals surface area contributed by atoms with E-state index >= 15 is 0 Å². The number of aryl methyl sites for hydroxylation is 4. The van der Waals surface area contributed by atoms with Gasteiger partial charge in [0.25, 0.3) is 0 Å². The largest absolute Gasteiger partial charge is 0.447 e. The number of carbonyl (C=O) groups excluding carboxylic acids is 4. The molecule has 2 heterocycles. The number of imide groups is 2. The van der Waals surface area contributed by atoms with Crippen LogP contribution in [0.5, 0.6) is 0 Å². The van der Waals surface area contributed by atoms with E-state index < -0.39 is 30.2 Å². The van der Waals surface area contributed by atoms with Gasteiger partial charge in [0.1, 0.15) is 19.3 Å². The van der Waals surface area contributed by atoms with Crippen molar-refractivity contribution in [2.45, 2.75) is 78.9 Å². The molecule has 0 spiro atoms. The molecule has 0 aromatic heterocycles. The highest BCUT2D eigenvalue weighted by Gasteiger charge is 2.42. The van der Waals surface area contributed by atoms with Crippen LogP contribution in [0, 0.1) is 41.5 Å². The fraction of sp³-hybridized carbons (Fsp3) is 0.333. The number of cyclic esters (lactones) is 2. The molecule has 11 heteroatoms. The fourth-order valence-corrected chi connectivity index (χ4v) is 6.91. The van der Waals surface area contributed by atoms with E-state index in [1.807, 2.05) is 120 Å². The van der Waals surface area contributed by atoms with Crippen molar-refractivity contribution in [3.8, 4) is 0 Å². The van der Waals surface area contributed by atoms with E-state index in [9.17, 15) is 19.2 Å². The first-order valence-corrected chi connectivity index (χ1v) is 17.6. The minimum atomic E-state index is -1.12. The third-order valence-corrected chi connectivity index (χ3v) is 9.86. The Labute approximate surface area is 310 Å². The molecule has 2 saturated heterocycles. The van der Waals surface area contributed by atoms with Gasteiger partial charge in [0.15, 0.2) is 0 Å². The van der Waals surface area contributed by atoms with Gasteiger partial charge in [-0.25, -0.2) is 19.4 Å². The highest BCUT2D eigenvalue weighted by molar-refractivity contribution is 5.97. The van der Waals surface area contributed by atoms with E-state index in [1.54, 1.807) is 0 Å². The summed E-state index contributed by atoms with van der Waals surface area (Å²) in [5.74, 6) is -0.758. The van der Waals surface area contributed by atoms with Gasteiger partial charge < -0.3 is 9.47 Å². The number of ether oxygens (including phenoxy) is 2. The van der Waals surface area contributed by atoms with Gasteiger partial charge in [-0.1, -0.05) is 101 Å². The maximum absolute atomic E-state index is 13.3. The molecule has 6 rings (SSSR count). The van der Waals surface area contributed by atoms with Crippen LogP contribution in [0.3, 0.4) is 0 Å². The van der Waals surface area contributed by atoms with Gasteiger partial charge in [-0.3, -0.25) is 9.59 Å². The van der Waals surface area contributed by atoms with Crippen molar-refractivity contribution in [1.29, 1.82) is 0 Å². The van der Waals surface area contributed by atoms with Gasteiger partial charge >= 0.3 is 12.2 Å². The first-order valence-electron chi connectivity index (χ1n) is 17.6. The maximum atomic E-state index is 13.3. The summed E-state index contributed by atoms with van der Waals surface area (Å²) in [6, 6.07) is 25.6. The van der Waals surface area contributed by atoms with Crippen molar-refractivity contribution in [3.05, 3.63) is 151 Å². The molecule has 1 unspecified atom stereocenters. The Bertz CT molecular complexity index is 2040. The molecule has 2 fully saturated rings. The third-order valence-electron chi connectivity index (χ3n) is 9.86. The molecule has 0 bridgehead atoms. The molecule has 11 nitrogen and oxygen atoms in total. The highest BCUT2D eigenvalue weighted by Crippen LogP contribution is 2.30. The van der Waals surface area contributed by atoms with Crippen molar-refractivity contribution in [1.82, 2.24) is 9.80 Å². The molecular formula is C42H45N5O6. The van der Waals surface area contributed by atoms with E-state index in [1.165, 1.54) is 4.90 Å². The molecule has 0 saturated carbocycles. The van der Waals surface area contributed by atoms with Crippen LogP contribution in [0.4, 0.5) is 9.59 Å². The fourth-order valence-electron chi connectivity index (χ4n) is 6.91. The minimum Gasteiger partial charge on any atom is -0.447 e. The SMILES string of the molecule is Cc1cc(C)c(C)c(C(N=[N+]=[N-])C(=O)N2C(=O)OC[C@@H]2Cc2ccccc2)c1.Cc1cc(C)c(C)c(CC(=O)N2C(=O)OC[C@@H]2Cc2ccccc2)c1. The minimum absolute atomic E-state index is 0.119. The van der Waals surface area contributed by atoms with Gasteiger partial charge in [-0.15, -0.1) is 0 Å². The second-order valence-corrected chi connectivity index (χ2v) is 13.8. The van der Waals surface area contributed by atoms with E-state index in [0.29, 0.717) is 18.4 Å². The number of rotatable bonds is 9. The van der Waals surface area contributed by atoms with Crippen molar-refractivity contribution >= 4 is 24.0 Å². The third kappa shape index (κ3) is 9.12. The van der Waals surface area contributed by atoms with Crippen LogP contribution in [0.15, 0.2) is 90.0 Å². The molecule has 0 N–H and O–H groups in total. The standard InChI is InChI=1S/C21H22N4O3.C21H23NO3/c1-13-9-14(2)15(3)18(10-13)19(23-24-22)20(26)25-17(12-28-21(25)27)11-16-7-5-4-6-8-16;1-14-9-15(2)16(3)18(10-14)12-20(23)22-19(13-25-21(22)24)11-17-7-5-4-6-8-17/h4-10,17,19H,11-12H2,1-3H3;4-10,19H,11-13H2,1-3H3/t17-,19?;19-/m00/s1. The Hall–Kier alpha value is -5.93. The molecule has 4 aromatic rings. The average Bonchev–Trinajstić information content (AvgIpc) is 3.68. The Balaban J connectivity index is 0.000000206. The number of amides is 4. The van der Waals surface area contributed by atoms with Gasteiger partial charge in [-0.2, -0.15) is 0 Å². The first-order chi connectivity index (χ1) is 25.4. The lowest BCUT2D eigenvalue weighted by Gasteiger charge is -2.24. The number of carbonyl (C=O) groups is 4. The monoisotopic (exact) mass is 715 g/mol. The number of benzene rings is 4. The van der Waals surface area contributed by atoms with Gasteiger partial charge in [0.2, 0.25) is 11.8 Å². The van der Waals surface area contributed by atoms with Gasteiger partial charge in [0, 0.05) is 4.91 Å². The first kappa shape index (κ1) is 38.3. The number of hydrogen-bond donors (Lipinski definition) is 0. The second kappa shape index (κ2) is 17.1. The zero-order chi connectivity index (χ0) is 38.2. The Morgan fingerprint density at radius 2 is 1.23 bits per heavy atom. The summed E-state index contributed by atoms with van der Waals surface area (Å²) in [5.41, 5.74) is 18.9. The topological polar surface area (TPSA) is 142 Å². The summed E-state index contributed by atoms with van der Waals surface area (Å²) < 4.78 is 10.3. The van der Waals surface area contributed by atoms with Crippen molar-refractivity contribution in [2.24, 2.45) is 5.11 Å². The summed E-state index contributed by atoms with van der Waals surface area (Å²) in [6.45, 7) is 12.2. The Morgan fingerprint density at radius 3 is 1.77 bits per heavy atom. The summed E-state index contributed by atoms with van der Waals surface area (Å²) in [4.78, 5) is 55.8. The number of nitrogens with zero attached hydrogens (tertiary/aromatic N) is 5. The number of azide groups is 1. The van der Waals surface area contributed by atoms with Crippen LogP contribution in [0.1, 0.15) is 61.7 Å². The Kier molecular flexibility index (Phi) is 12.3. The highest BCUT2D eigenvalue weighted by atomic mass is 16.6. The predicted molar refractivity (Wildman–Crippen MR) is 201 cm³/mol. The van der Waals surface area contributed by atoms with Crippen LogP contribution < -0.4 is 0 Å². The van der Waals surface area contributed by atoms with Crippen LogP contribution in [0.25, 0.3) is 10.4 Å². The average molecular weight is 716 g/mol. The summed E-state index contributed by atoms with van der Waals surface area (Å²) in [7, 11) is 0. The zero-order valence-corrected chi connectivity index (χ0v) is 31.0. The smallest absolute Gasteiger partial charge is 0.417 e. The normalized spacial score (nSPS) is 16.9. The molecule has 0 radical (unpaired) electrons. The lowest BCUT2D eigenvalue weighted by Crippen LogP contribution is -2.42. The van der Waals surface area contributed by atoms with E-state index in [2.05, 4.69) is 16.1 Å². The molecule has 2 aliphatic rings. The second-order valence-electron chi connectivity index (χ2n) is 13.8. The molecule has 274 valence electrons. The molecule has 2 aliphatic heterocycles. The van der Waals surface area contributed by atoms with E-state index in [4.69, 9.17) is 15.0 Å². The Morgan fingerprint density at radius 1 is 0.736 bits per heavy atom. The summed E-state index contributed by atoms with van der Waals surface area (Å²) in [5, 5.41) is 3.74. The quantitative estimate of drug-likeness (QED) is 0.0970. The maximum Gasteiger partial charge on any atom is 0.417 e. The van der Waals surface area contributed by atoms with Crippen molar-refractivity contribution in [2.75, 3.05) is 13.2 Å². The van der Waals surface area contributed by atoms with Crippen LogP contribution in [0.2, 0.25) is 0 Å². The van der Waals surface area contributed by atoms with E-state index in [0.717, 1.165) is 55.0 Å². The van der Waals surface area contributed by atoms with Crippen molar-refractivity contribution in [3.63, 3.8) is 0 Å². The van der Waals surface area contributed by atoms with E-state index in [-0.39, 0.29) is 31.6 Å². The van der Waals surface area contributed by atoms with Crippen molar-refractivity contribution < 1.29 is 28.7 Å². The van der Waals surface area contributed by atoms with Gasteiger partial charge in [-0.05, 0) is 104 Å².